The Kier molecular flexibility index (Phi) is 3.90. The molecule has 1 unspecified atom stereocenters. The first kappa shape index (κ1) is 15.0. The Morgan fingerprint density at radius 1 is 1.32 bits per heavy atom. The molecule has 1 aliphatic rings. The van der Waals surface area contributed by atoms with E-state index in [-0.39, 0.29) is 11.8 Å². The molecule has 2 aromatic heterocycles. The smallest absolute Gasteiger partial charge is 0.377 e. The summed E-state index contributed by atoms with van der Waals surface area (Å²) in [6.45, 7) is 3.91. The van der Waals surface area contributed by atoms with Crippen LogP contribution in [-0.4, -0.2) is 45.6 Å². The molecule has 3 rings (SSSR count). The van der Waals surface area contributed by atoms with Crippen LogP contribution in [-0.2, 0) is 10.9 Å². The number of halogens is 3. The van der Waals surface area contributed by atoms with Crippen molar-refractivity contribution in [3.05, 3.63) is 18.0 Å². The molecule has 0 saturated carbocycles. The monoisotopic (exact) mass is 315 g/mol. The van der Waals surface area contributed by atoms with Crippen LogP contribution in [0.2, 0.25) is 0 Å². The molecule has 2 aromatic rings. The van der Waals surface area contributed by atoms with Gasteiger partial charge in [0.2, 0.25) is 0 Å². The number of alkyl halides is 3. The summed E-state index contributed by atoms with van der Waals surface area (Å²) in [7, 11) is 0. The topological polar surface area (TPSA) is 55.5 Å². The molecule has 0 bridgehead atoms. The second kappa shape index (κ2) is 5.71. The van der Waals surface area contributed by atoms with Crippen molar-refractivity contribution >= 4 is 11.5 Å². The van der Waals surface area contributed by atoms with Gasteiger partial charge in [0.15, 0.2) is 5.65 Å². The van der Waals surface area contributed by atoms with Crippen LogP contribution in [0.15, 0.2) is 12.1 Å². The summed E-state index contributed by atoms with van der Waals surface area (Å²) in [6.07, 6.45) is -2.63. The maximum Gasteiger partial charge on any atom is 0.453 e. The highest BCUT2D eigenvalue weighted by Gasteiger charge is 2.37. The predicted molar refractivity (Wildman–Crippen MR) is 72.6 cm³/mol. The van der Waals surface area contributed by atoms with E-state index in [9.17, 15) is 13.2 Å². The Balaban J connectivity index is 1.91. The molecule has 0 amide bonds. The van der Waals surface area contributed by atoms with Crippen LogP contribution < -0.4 is 4.90 Å². The number of anilines is 1. The molecule has 120 valence electrons. The third-order valence-corrected chi connectivity index (χ3v) is 3.61. The van der Waals surface area contributed by atoms with Crippen LogP contribution in [0.3, 0.4) is 0 Å². The quantitative estimate of drug-likeness (QED) is 0.869. The summed E-state index contributed by atoms with van der Waals surface area (Å²) in [4.78, 5) is 1.93. The van der Waals surface area contributed by atoms with Crippen LogP contribution in [0, 0.1) is 0 Å². The van der Waals surface area contributed by atoms with E-state index in [1.165, 1.54) is 6.07 Å². The molecule has 9 heteroatoms. The molecule has 6 nitrogen and oxygen atoms in total. The van der Waals surface area contributed by atoms with Gasteiger partial charge >= 0.3 is 6.18 Å². The first-order valence-electron chi connectivity index (χ1n) is 7.15. The van der Waals surface area contributed by atoms with Crippen molar-refractivity contribution in [3.63, 3.8) is 0 Å². The van der Waals surface area contributed by atoms with Crippen molar-refractivity contribution in [1.29, 1.82) is 0 Å². The van der Waals surface area contributed by atoms with E-state index in [0.29, 0.717) is 19.0 Å². The van der Waals surface area contributed by atoms with Gasteiger partial charge in [-0.15, -0.1) is 15.3 Å². The maximum atomic E-state index is 12.9. The number of nitrogens with zero attached hydrogens (tertiary/aromatic N) is 5. The molecule has 0 aromatic carbocycles. The Bertz CT molecular complexity index is 655. The van der Waals surface area contributed by atoms with Crippen LogP contribution in [0.25, 0.3) is 5.65 Å². The number of hydrogen-bond acceptors (Lipinski definition) is 5. The minimum Gasteiger partial charge on any atom is -0.377 e. The number of fused-ring (bicyclic) bond motifs is 1. The van der Waals surface area contributed by atoms with Crippen LogP contribution in [0.4, 0.5) is 19.0 Å². The summed E-state index contributed by atoms with van der Waals surface area (Å²) < 4.78 is 45.0. The van der Waals surface area contributed by atoms with Gasteiger partial charge in [0.25, 0.3) is 5.82 Å². The van der Waals surface area contributed by atoms with Gasteiger partial charge in [-0.3, -0.25) is 0 Å². The normalized spacial score (nSPS) is 19.8. The van der Waals surface area contributed by atoms with Gasteiger partial charge in [-0.2, -0.15) is 17.7 Å². The standard InChI is InChI=1S/C13H16F3N5O/c1-2-22-9-4-3-7-20(8-9)11-6-5-10-17-18-12(13(14,15)16)21(10)19-11/h5-6,9H,2-4,7-8H2,1H3. The molecular formula is C13H16F3N5O. The zero-order chi connectivity index (χ0) is 15.7. The first-order chi connectivity index (χ1) is 10.5. The summed E-state index contributed by atoms with van der Waals surface area (Å²) >= 11 is 0. The first-order valence-corrected chi connectivity index (χ1v) is 7.15. The average Bonchev–Trinajstić information content (AvgIpc) is 2.91. The van der Waals surface area contributed by atoms with Gasteiger partial charge in [0.1, 0.15) is 5.82 Å². The van der Waals surface area contributed by atoms with Gasteiger partial charge < -0.3 is 9.64 Å². The minimum absolute atomic E-state index is 0.0782. The summed E-state index contributed by atoms with van der Waals surface area (Å²) in [6, 6.07) is 3.16. The van der Waals surface area contributed by atoms with Gasteiger partial charge in [-0.05, 0) is 31.9 Å². The number of rotatable bonds is 3. The number of ether oxygens (including phenoxy) is 1. The summed E-state index contributed by atoms with van der Waals surface area (Å²) in [5, 5.41) is 10.7. The highest BCUT2D eigenvalue weighted by atomic mass is 19.4. The number of aromatic nitrogens is 4. The molecule has 1 saturated heterocycles. The van der Waals surface area contributed by atoms with Crippen molar-refractivity contribution < 1.29 is 17.9 Å². The SMILES string of the molecule is CCOC1CCCN(c2ccc3nnc(C(F)(F)F)n3n2)C1. The lowest BCUT2D eigenvalue weighted by Gasteiger charge is -2.33. The lowest BCUT2D eigenvalue weighted by molar-refractivity contribution is -0.146. The third kappa shape index (κ3) is 2.85. The van der Waals surface area contributed by atoms with E-state index in [4.69, 9.17) is 4.74 Å². The summed E-state index contributed by atoms with van der Waals surface area (Å²) in [5.74, 6) is -0.634. The minimum atomic E-state index is -4.58. The van der Waals surface area contributed by atoms with Crippen molar-refractivity contribution in [2.24, 2.45) is 0 Å². The lowest BCUT2D eigenvalue weighted by atomic mass is 10.1. The van der Waals surface area contributed by atoms with Crippen molar-refractivity contribution in [3.8, 4) is 0 Å². The van der Waals surface area contributed by atoms with Gasteiger partial charge in [0, 0.05) is 19.7 Å². The highest BCUT2D eigenvalue weighted by molar-refractivity contribution is 5.46. The largest absolute Gasteiger partial charge is 0.453 e. The van der Waals surface area contributed by atoms with Crippen molar-refractivity contribution in [2.75, 3.05) is 24.6 Å². The number of hydrogen-bond donors (Lipinski definition) is 0. The Morgan fingerprint density at radius 3 is 2.86 bits per heavy atom. The molecular weight excluding hydrogens is 299 g/mol. The molecule has 0 spiro atoms. The molecule has 3 heterocycles. The van der Waals surface area contributed by atoms with E-state index in [0.717, 1.165) is 23.9 Å². The van der Waals surface area contributed by atoms with Crippen molar-refractivity contribution in [1.82, 2.24) is 19.8 Å². The maximum absolute atomic E-state index is 12.9. The van der Waals surface area contributed by atoms with Crippen LogP contribution >= 0.6 is 0 Å². The van der Waals surface area contributed by atoms with Gasteiger partial charge in [-0.1, -0.05) is 0 Å². The van der Waals surface area contributed by atoms with E-state index < -0.39 is 12.0 Å². The van der Waals surface area contributed by atoms with Crippen LogP contribution in [0.1, 0.15) is 25.6 Å². The van der Waals surface area contributed by atoms with Gasteiger partial charge in [-0.25, -0.2) is 0 Å². The molecule has 1 fully saturated rings. The highest BCUT2D eigenvalue weighted by Crippen LogP contribution is 2.28. The van der Waals surface area contributed by atoms with E-state index in [1.54, 1.807) is 6.07 Å². The predicted octanol–water partition coefficient (Wildman–Crippen LogP) is 2.15. The zero-order valence-electron chi connectivity index (χ0n) is 12.0. The lowest BCUT2D eigenvalue weighted by Crippen LogP contribution is -2.40. The molecule has 22 heavy (non-hydrogen) atoms. The second-order valence-electron chi connectivity index (χ2n) is 5.15. The molecule has 0 aliphatic carbocycles. The van der Waals surface area contributed by atoms with Crippen LogP contribution in [0.5, 0.6) is 0 Å². The Hall–Kier alpha value is -1.90. The number of piperidine rings is 1. The van der Waals surface area contributed by atoms with E-state index in [1.807, 2.05) is 11.8 Å². The van der Waals surface area contributed by atoms with E-state index in [2.05, 4.69) is 15.3 Å². The average molecular weight is 315 g/mol. The Morgan fingerprint density at radius 2 is 2.14 bits per heavy atom. The molecule has 0 radical (unpaired) electrons. The molecule has 0 N–H and O–H groups in total. The molecule has 1 aliphatic heterocycles. The van der Waals surface area contributed by atoms with Gasteiger partial charge in [0.05, 0.1) is 6.10 Å². The fourth-order valence-electron chi connectivity index (χ4n) is 2.64. The summed E-state index contributed by atoms with van der Waals surface area (Å²) in [5.41, 5.74) is 0.0782. The van der Waals surface area contributed by atoms with E-state index >= 15 is 0 Å². The fraction of sp³-hybridized carbons (Fsp3) is 0.615. The second-order valence-corrected chi connectivity index (χ2v) is 5.15. The molecule has 1 atom stereocenters. The fourth-order valence-corrected chi connectivity index (χ4v) is 2.64. The zero-order valence-corrected chi connectivity index (χ0v) is 12.0. The Labute approximate surface area is 124 Å². The van der Waals surface area contributed by atoms with Crippen molar-refractivity contribution in [2.45, 2.75) is 32.0 Å². The third-order valence-electron chi connectivity index (χ3n) is 3.61.